The van der Waals surface area contributed by atoms with Crippen molar-refractivity contribution in [1.82, 2.24) is 25.6 Å². The molecule has 0 aliphatic carbocycles. The van der Waals surface area contributed by atoms with E-state index in [0.29, 0.717) is 6.54 Å². The molecule has 2 heterocycles. The van der Waals surface area contributed by atoms with E-state index in [1.807, 2.05) is 48.8 Å². The van der Waals surface area contributed by atoms with Crippen molar-refractivity contribution >= 4 is 5.96 Å². The van der Waals surface area contributed by atoms with Crippen LogP contribution in [-0.4, -0.2) is 34.0 Å². The van der Waals surface area contributed by atoms with Gasteiger partial charge in [0.1, 0.15) is 12.4 Å². The average molecular weight is 348 g/mol. The van der Waals surface area contributed by atoms with Crippen molar-refractivity contribution in [3.8, 4) is 11.3 Å². The van der Waals surface area contributed by atoms with Crippen LogP contribution in [0.25, 0.3) is 11.3 Å². The molecule has 0 unspecified atom stereocenters. The number of H-pyrrole nitrogens is 1. The highest BCUT2D eigenvalue weighted by atomic mass is 15.2. The molecule has 3 rings (SSSR count). The van der Waals surface area contributed by atoms with Gasteiger partial charge in [-0.1, -0.05) is 36.4 Å². The second-order valence-electron chi connectivity index (χ2n) is 5.80. The highest BCUT2D eigenvalue weighted by molar-refractivity contribution is 5.79. The maximum absolute atomic E-state index is 4.60. The van der Waals surface area contributed by atoms with Crippen molar-refractivity contribution in [2.75, 3.05) is 13.1 Å². The van der Waals surface area contributed by atoms with E-state index < -0.39 is 0 Å². The van der Waals surface area contributed by atoms with Crippen LogP contribution >= 0.6 is 0 Å². The molecule has 0 aliphatic rings. The van der Waals surface area contributed by atoms with Gasteiger partial charge in [-0.15, -0.1) is 0 Å². The summed E-state index contributed by atoms with van der Waals surface area (Å²) in [7, 11) is 0. The number of hydrogen-bond acceptors (Lipinski definition) is 3. The maximum atomic E-state index is 4.60. The number of aliphatic imine (C=N–C) groups is 1. The SMILES string of the molecule is CCNC(=NCc1ncc(-c2ccccc2)[nH]1)NCCc1ccccn1. The van der Waals surface area contributed by atoms with Crippen LogP contribution in [0.15, 0.2) is 65.9 Å². The zero-order valence-electron chi connectivity index (χ0n) is 14.9. The number of imidazole rings is 1. The first-order valence-corrected chi connectivity index (χ1v) is 8.86. The molecule has 6 nitrogen and oxygen atoms in total. The monoisotopic (exact) mass is 348 g/mol. The highest BCUT2D eigenvalue weighted by Crippen LogP contribution is 2.16. The summed E-state index contributed by atoms with van der Waals surface area (Å²) in [6.45, 7) is 4.13. The first kappa shape index (κ1) is 17.7. The van der Waals surface area contributed by atoms with Gasteiger partial charge >= 0.3 is 0 Å². The van der Waals surface area contributed by atoms with E-state index in [-0.39, 0.29) is 0 Å². The summed E-state index contributed by atoms with van der Waals surface area (Å²) >= 11 is 0. The Morgan fingerprint density at radius 2 is 1.88 bits per heavy atom. The van der Waals surface area contributed by atoms with Crippen LogP contribution in [0.5, 0.6) is 0 Å². The molecule has 3 aromatic rings. The number of nitrogens with one attached hydrogen (secondary N) is 3. The first-order valence-electron chi connectivity index (χ1n) is 8.86. The largest absolute Gasteiger partial charge is 0.357 e. The molecule has 0 atom stereocenters. The molecule has 1 aromatic carbocycles. The van der Waals surface area contributed by atoms with Gasteiger partial charge in [0, 0.05) is 31.4 Å². The Kier molecular flexibility index (Phi) is 6.36. The van der Waals surface area contributed by atoms with Crippen LogP contribution in [-0.2, 0) is 13.0 Å². The molecule has 134 valence electrons. The Bertz CT molecular complexity index is 811. The van der Waals surface area contributed by atoms with Gasteiger partial charge in [-0.3, -0.25) is 4.98 Å². The summed E-state index contributed by atoms with van der Waals surface area (Å²) in [5.41, 5.74) is 3.19. The molecular formula is C20H24N6. The molecule has 0 radical (unpaired) electrons. The summed E-state index contributed by atoms with van der Waals surface area (Å²) in [4.78, 5) is 16.7. The second kappa shape index (κ2) is 9.36. The number of rotatable bonds is 7. The number of guanidine groups is 1. The lowest BCUT2D eigenvalue weighted by Crippen LogP contribution is -2.38. The summed E-state index contributed by atoms with van der Waals surface area (Å²) in [6, 6.07) is 16.1. The van der Waals surface area contributed by atoms with E-state index in [9.17, 15) is 0 Å². The summed E-state index contributed by atoms with van der Waals surface area (Å²) < 4.78 is 0. The van der Waals surface area contributed by atoms with Crippen LogP contribution in [0.3, 0.4) is 0 Å². The molecule has 26 heavy (non-hydrogen) atoms. The van der Waals surface area contributed by atoms with Crippen LogP contribution in [0, 0.1) is 0 Å². The van der Waals surface area contributed by atoms with Gasteiger partial charge < -0.3 is 15.6 Å². The Hall–Kier alpha value is -3.15. The van der Waals surface area contributed by atoms with E-state index in [1.54, 1.807) is 0 Å². The minimum atomic E-state index is 0.492. The van der Waals surface area contributed by atoms with Gasteiger partial charge in [0.25, 0.3) is 0 Å². The van der Waals surface area contributed by atoms with Crippen molar-refractivity contribution in [1.29, 1.82) is 0 Å². The fraction of sp³-hybridized carbons (Fsp3) is 0.250. The third kappa shape index (κ3) is 5.17. The van der Waals surface area contributed by atoms with E-state index >= 15 is 0 Å². The number of aromatic nitrogens is 3. The molecule has 6 heteroatoms. The first-order chi connectivity index (χ1) is 12.8. The number of pyridine rings is 1. The lowest BCUT2D eigenvalue weighted by molar-refractivity contribution is 0.783. The molecule has 0 saturated heterocycles. The average Bonchev–Trinajstić information content (AvgIpc) is 3.17. The Balaban J connectivity index is 1.56. The van der Waals surface area contributed by atoms with Gasteiger partial charge in [-0.2, -0.15) is 0 Å². The van der Waals surface area contributed by atoms with Crippen LogP contribution in [0.1, 0.15) is 18.4 Å². The Morgan fingerprint density at radius 1 is 1.04 bits per heavy atom. The normalized spacial score (nSPS) is 11.3. The molecule has 0 spiro atoms. The summed E-state index contributed by atoms with van der Waals surface area (Å²) in [5, 5.41) is 6.59. The molecule has 0 saturated carbocycles. The molecule has 0 fully saturated rings. The fourth-order valence-corrected chi connectivity index (χ4v) is 2.56. The zero-order chi connectivity index (χ0) is 18.0. The topological polar surface area (TPSA) is 78.0 Å². The van der Waals surface area contributed by atoms with Gasteiger partial charge in [0.05, 0.1) is 11.9 Å². The molecule has 0 bridgehead atoms. The smallest absolute Gasteiger partial charge is 0.191 e. The molecular weight excluding hydrogens is 324 g/mol. The summed E-state index contributed by atoms with van der Waals surface area (Å²) in [5.74, 6) is 1.62. The van der Waals surface area contributed by atoms with Crippen molar-refractivity contribution < 1.29 is 0 Å². The predicted molar refractivity (Wildman–Crippen MR) is 105 cm³/mol. The highest BCUT2D eigenvalue weighted by Gasteiger charge is 2.03. The van der Waals surface area contributed by atoms with Crippen molar-refractivity contribution in [2.24, 2.45) is 4.99 Å². The standard InChI is InChI=1S/C20H24N6/c1-2-21-20(23-13-11-17-10-6-7-12-22-17)25-15-19-24-14-18(26-19)16-8-4-3-5-9-16/h3-10,12,14H,2,11,13,15H2,1H3,(H,24,26)(H2,21,23,25). The Morgan fingerprint density at radius 3 is 2.65 bits per heavy atom. The molecule has 2 aromatic heterocycles. The number of aromatic amines is 1. The molecule has 3 N–H and O–H groups in total. The lowest BCUT2D eigenvalue weighted by atomic mass is 10.2. The minimum absolute atomic E-state index is 0.492. The van der Waals surface area contributed by atoms with Crippen LogP contribution < -0.4 is 10.6 Å². The second-order valence-corrected chi connectivity index (χ2v) is 5.80. The van der Waals surface area contributed by atoms with Crippen molar-refractivity contribution in [3.05, 3.63) is 72.4 Å². The van der Waals surface area contributed by atoms with E-state index in [4.69, 9.17) is 0 Å². The quantitative estimate of drug-likeness (QED) is 0.453. The summed E-state index contributed by atoms with van der Waals surface area (Å²) in [6.07, 6.45) is 4.52. The molecule has 0 amide bonds. The van der Waals surface area contributed by atoms with Crippen LogP contribution in [0.2, 0.25) is 0 Å². The van der Waals surface area contributed by atoms with E-state index in [1.165, 1.54) is 0 Å². The van der Waals surface area contributed by atoms with Gasteiger partial charge in [-0.05, 0) is 24.6 Å². The third-order valence-electron chi connectivity index (χ3n) is 3.84. The van der Waals surface area contributed by atoms with Gasteiger partial charge in [0.15, 0.2) is 5.96 Å². The zero-order valence-corrected chi connectivity index (χ0v) is 14.9. The number of nitrogens with zero attached hydrogens (tertiary/aromatic N) is 3. The van der Waals surface area contributed by atoms with Crippen LogP contribution in [0.4, 0.5) is 0 Å². The minimum Gasteiger partial charge on any atom is -0.357 e. The maximum Gasteiger partial charge on any atom is 0.191 e. The number of hydrogen-bond donors (Lipinski definition) is 3. The van der Waals surface area contributed by atoms with Crippen molar-refractivity contribution in [3.63, 3.8) is 0 Å². The third-order valence-corrected chi connectivity index (χ3v) is 3.84. The predicted octanol–water partition coefficient (Wildman–Crippen LogP) is 2.77. The van der Waals surface area contributed by atoms with Crippen molar-refractivity contribution in [2.45, 2.75) is 19.9 Å². The lowest BCUT2D eigenvalue weighted by Gasteiger charge is -2.10. The Labute approximate surface area is 153 Å². The van der Waals surface area contributed by atoms with E-state index in [2.05, 4.69) is 49.6 Å². The number of benzene rings is 1. The molecule has 0 aliphatic heterocycles. The van der Waals surface area contributed by atoms with Gasteiger partial charge in [0.2, 0.25) is 0 Å². The fourth-order valence-electron chi connectivity index (χ4n) is 2.56. The van der Waals surface area contributed by atoms with Gasteiger partial charge in [-0.25, -0.2) is 9.98 Å². The van der Waals surface area contributed by atoms with E-state index in [0.717, 1.165) is 48.2 Å².